The molecule has 28 heavy (non-hydrogen) atoms. The van der Waals surface area contributed by atoms with Gasteiger partial charge in [0.05, 0.1) is 19.7 Å². The van der Waals surface area contributed by atoms with E-state index in [2.05, 4.69) is 70.5 Å². The zero-order valence-corrected chi connectivity index (χ0v) is 16.3. The second-order valence-corrected chi connectivity index (χ2v) is 7.75. The van der Waals surface area contributed by atoms with Gasteiger partial charge in [0, 0.05) is 37.6 Å². The number of hydrogen-bond donors (Lipinski definition) is 1. The van der Waals surface area contributed by atoms with E-state index in [9.17, 15) is 5.21 Å². The largest absolute Gasteiger partial charge is 0.633 e. The summed E-state index contributed by atoms with van der Waals surface area (Å²) in [6.07, 6.45) is 5.44. The van der Waals surface area contributed by atoms with E-state index in [1.165, 1.54) is 22.5 Å². The van der Waals surface area contributed by atoms with Crippen LogP contribution < -0.4 is 4.90 Å². The van der Waals surface area contributed by atoms with Crippen molar-refractivity contribution in [3.05, 3.63) is 64.9 Å². The molecule has 2 aromatic rings. The number of piperazine rings is 1. The summed E-state index contributed by atoms with van der Waals surface area (Å²) in [7, 11) is 0. The number of quaternary nitrogens is 1. The van der Waals surface area contributed by atoms with Crippen molar-refractivity contribution >= 4 is 23.5 Å². The van der Waals surface area contributed by atoms with Gasteiger partial charge in [-0.2, -0.15) is 0 Å². The van der Waals surface area contributed by atoms with Crippen molar-refractivity contribution in [1.82, 2.24) is 4.90 Å². The predicted octanol–water partition coefficient (Wildman–Crippen LogP) is 3.32. The van der Waals surface area contributed by atoms with Crippen LogP contribution in [0.25, 0.3) is 12.2 Å². The highest BCUT2D eigenvalue weighted by atomic mass is 16.5. The van der Waals surface area contributed by atoms with Crippen LogP contribution in [0.4, 0.5) is 11.4 Å². The maximum atomic E-state index is 12.4. The highest BCUT2D eigenvalue weighted by Crippen LogP contribution is 2.36. The molecule has 1 saturated heterocycles. The molecule has 1 fully saturated rings. The SMILES string of the molecule is [O-][N+]1(CCO)CCN(CCCN2c3ccccc3C=Cc3ccccc32)CC1. The van der Waals surface area contributed by atoms with Crippen LogP contribution in [-0.2, 0) is 0 Å². The summed E-state index contributed by atoms with van der Waals surface area (Å²) in [4.78, 5) is 4.81. The third kappa shape index (κ3) is 4.13. The van der Waals surface area contributed by atoms with Crippen LogP contribution in [0.15, 0.2) is 48.5 Å². The van der Waals surface area contributed by atoms with E-state index in [-0.39, 0.29) is 11.3 Å². The number of hydroxylamine groups is 3. The first-order valence-electron chi connectivity index (χ1n) is 10.2. The zero-order valence-electron chi connectivity index (χ0n) is 16.3. The van der Waals surface area contributed by atoms with Gasteiger partial charge in [-0.15, -0.1) is 0 Å². The van der Waals surface area contributed by atoms with Crippen LogP contribution in [0.3, 0.4) is 0 Å². The maximum Gasteiger partial charge on any atom is 0.102 e. The molecule has 4 rings (SSSR count). The van der Waals surface area contributed by atoms with E-state index in [1.807, 2.05) is 0 Å². The van der Waals surface area contributed by atoms with Crippen molar-refractivity contribution in [3.8, 4) is 0 Å². The van der Waals surface area contributed by atoms with Crippen molar-refractivity contribution < 1.29 is 9.75 Å². The van der Waals surface area contributed by atoms with Gasteiger partial charge in [0.2, 0.25) is 0 Å². The molecule has 0 atom stereocenters. The first kappa shape index (κ1) is 19.2. The van der Waals surface area contributed by atoms with Crippen molar-refractivity contribution in [2.45, 2.75) is 6.42 Å². The smallest absolute Gasteiger partial charge is 0.102 e. The normalized spacial score (nSPS) is 18.4. The quantitative estimate of drug-likeness (QED) is 0.618. The van der Waals surface area contributed by atoms with Gasteiger partial charge in [0.25, 0.3) is 0 Å². The second kappa shape index (κ2) is 8.45. The summed E-state index contributed by atoms with van der Waals surface area (Å²) >= 11 is 0. The van der Waals surface area contributed by atoms with Gasteiger partial charge in [-0.3, -0.25) is 4.90 Å². The van der Waals surface area contributed by atoms with Crippen LogP contribution in [-0.4, -0.2) is 67.1 Å². The minimum atomic E-state index is -0.244. The lowest BCUT2D eigenvalue weighted by Gasteiger charge is -2.48. The molecule has 5 heteroatoms. The van der Waals surface area contributed by atoms with E-state index >= 15 is 0 Å². The molecule has 0 radical (unpaired) electrons. The van der Waals surface area contributed by atoms with Crippen LogP contribution in [0, 0.1) is 5.21 Å². The number of rotatable bonds is 6. The first-order valence-corrected chi connectivity index (χ1v) is 10.2. The number of benzene rings is 2. The molecule has 0 aromatic heterocycles. The molecule has 2 aliphatic heterocycles. The Hall–Kier alpha value is -2.18. The molecule has 0 aliphatic carbocycles. The van der Waals surface area contributed by atoms with E-state index in [1.54, 1.807) is 0 Å². The Labute approximate surface area is 167 Å². The van der Waals surface area contributed by atoms with Crippen LogP contribution in [0.1, 0.15) is 17.5 Å². The van der Waals surface area contributed by atoms with E-state index in [0.717, 1.165) is 32.6 Å². The molecule has 0 spiro atoms. The van der Waals surface area contributed by atoms with Gasteiger partial charge in [0.1, 0.15) is 6.54 Å². The molecule has 2 aromatic carbocycles. The number of para-hydroxylation sites is 2. The van der Waals surface area contributed by atoms with Gasteiger partial charge in [0.15, 0.2) is 0 Å². The molecule has 0 saturated carbocycles. The average Bonchev–Trinajstić information content (AvgIpc) is 2.87. The maximum absolute atomic E-state index is 12.4. The summed E-state index contributed by atoms with van der Waals surface area (Å²) in [5.41, 5.74) is 4.99. The standard InChI is InChI=1S/C23H29N3O2/c27-19-18-26(28)16-14-24(15-17-26)12-5-13-25-22-8-3-1-6-20(22)10-11-21-7-2-4-9-23(21)25/h1-4,6-11,27H,5,12-19H2. The van der Waals surface area contributed by atoms with Gasteiger partial charge >= 0.3 is 0 Å². The molecule has 0 unspecified atom stereocenters. The van der Waals surface area contributed by atoms with Crippen LogP contribution >= 0.6 is 0 Å². The van der Waals surface area contributed by atoms with Crippen LogP contribution in [0.5, 0.6) is 0 Å². The molecule has 2 heterocycles. The fraction of sp³-hybridized carbons (Fsp3) is 0.391. The lowest BCUT2D eigenvalue weighted by molar-refractivity contribution is -0.885. The van der Waals surface area contributed by atoms with Crippen molar-refractivity contribution in [2.75, 3.05) is 57.3 Å². The highest BCUT2D eigenvalue weighted by molar-refractivity contribution is 5.88. The third-order valence-corrected chi connectivity index (χ3v) is 5.91. The molecular formula is C23H29N3O2. The van der Waals surface area contributed by atoms with E-state index in [0.29, 0.717) is 19.6 Å². The Kier molecular flexibility index (Phi) is 5.78. The number of fused-ring (bicyclic) bond motifs is 2. The van der Waals surface area contributed by atoms with Crippen molar-refractivity contribution in [3.63, 3.8) is 0 Å². The first-order chi connectivity index (χ1) is 13.7. The molecule has 1 N–H and O–H groups in total. The second-order valence-electron chi connectivity index (χ2n) is 7.75. The predicted molar refractivity (Wildman–Crippen MR) is 115 cm³/mol. The lowest BCUT2D eigenvalue weighted by Crippen LogP contribution is -2.57. The number of hydrogen-bond acceptors (Lipinski definition) is 4. The number of aliphatic hydroxyl groups is 1. The van der Waals surface area contributed by atoms with Gasteiger partial charge in [-0.05, 0) is 29.7 Å². The van der Waals surface area contributed by atoms with Gasteiger partial charge < -0.3 is 19.9 Å². The summed E-state index contributed by atoms with van der Waals surface area (Å²) in [5.74, 6) is 0. The monoisotopic (exact) mass is 379 g/mol. The third-order valence-electron chi connectivity index (χ3n) is 5.91. The number of anilines is 2. The van der Waals surface area contributed by atoms with Crippen molar-refractivity contribution in [2.24, 2.45) is 0 Å². The minimum absolute atomic E-state index is 0.0225. The Morgan fingerprint density at radius 2 is 1.43 bits per heavy atom. The fourth-order valence-corrected chi connectivity index (χ4v) is 4.25. The van der Waals surface area contributed by atoms with E-state index < -0.39 is 0 Å². The fourth-order valence-electron chi connectivity index (χ4n) is 4.25. The molecule has 0 amide bonds. The van der Waals surface area contributed by atoms with Crippen LogP contribution in [0.2, 0.25) is 0 Å². The molecule has 5 nitrogen and oxygen atoms in total. The molecule has 148 valence electrons. The minimum Gasteiger partial charge on any atom is -0.633 e. The average molecular weight is 380 g/mol. The number of aliphatic hydroxyl groups excluding tert-OH is 1. The molecular weight excluding hydrogens is 350 g/mol. The Morgan fingerprint density at radius 1 is 0.857 bits per heavy atom. The summed E-state index contributed by atoms with van der Waals surface area (Å²) in [6.45, 7) is 5.04. The Balaban J connectivity index is 1.42. The lowest BCUT2D eigenvalue weighted by atomic mass is 10.1. The molecule has 2 aliphatic rings. The highest BCUT2D eigenvalue weighted by Gasteiger charge is 2.25. The Morgan fingerprint density at radius 3 is 2.00 bits per heavy atom. The van der Waals surface area contributed by atoms with E-state index in [4.69, 9.17) is 5.11 Å². The van der Waals surface area contributed by atoms with Gasteiger partial charge in [-0.1, -0.05) is 48.6 Å². The number of nitrogens with zero attached hydrogens (tertiary/aromatic N) is 3. The zero-order chi connectivity index (χ0) is 19.4. The Bertz CT molecular complexity index is 779. The van der Waals surface area contributed by atoms with Gasteiger partial charge in [-0.25, -0.2) is 0 Å². The van der Waals surface area contributed by atoms with Crippen molar-refractivity contribution in [1.29, 1.82) is 0 Å². The topological polar surface area (TPSA) is 49.8 Å². The summed E-state index contributed by atoms with van der Waals surface area (Å²) < 4.78 is -0.244. The summed E-state index contributed by atoms with van der Waals surface area (Å²) in [5, 5.41) is 21.5. The molecule has 0 bridgehead atoms. The summed E-state index contributed by atoms with van der Waals surface area (Å²) in [6, 6.07) is 17.1.